The van der Waals surface area contributed by atoms with Gasteiger partial charge in [-0.15, -0.1) is 0 Å². The lowest BCUT2D eigenvalue weighted by Crippen LogP contribution is -2.24. The summed E-state index contributed by atoms with van der Waals surface area (Å²) in [5, 5.41) is 0. The van der Waals surface area contributed by atoms with E-state index in [-0.39, 0.29) is 11.7 Å². The fourth-order valence-corrected chi connectivity index (χ4v) is 2.64. The van der Waals surface area contributed by atoms with E-state index in [2.05, 4.69) is 26.0 Å². The summed E-state index contributed by atoms with van der Waals surface area (Å²) in [5.74, 6) is 0.136. The van der Waals surface area contributed by atoms with E-state index >= 15 is 0 Å². The largest absolute Gasteiger partial charge is 0.348 e. The highest BCUT2D eigenvalue weighted by molar-refractivity contribution is 5.80. The number of Topliss-reactive ketones (excluding diaryl/α,β-unsaturated/α-hetero) is 1. The molecule has 0 N–H and O–H groups in total. The minimum Gasteiger partial charge on any atom is -0.348 e. The van der Waals surface area contributed by atoms with Gasteiger partial charge in [-0.25, -0.2) is 0 Å². The second kappa shape index (κ2) is 10.0. The SMILES string of the molecule is C/C(=C\CCC1(C)OCCO1)CC/C=C(\C)CCC(=O)C(C)C. The van der Waals surface area contributed by atoms with E-state index in [0.29, 0.717) is 25.4 Å². The molecule has 0 atom stereocenters. The van der Waals surface area contributed by atoms with Crippen molar-refractivity contribution in [1.82, 2.24) is 0 Å². The van der Waals surface area contributed by atoms with Crippen LogP contribution in [0.2, 0.25) is 0 Å². The maximum atomic E-state index is 11.6. The summed E-state index contributed by atoms with van der Waals surface area (Å²) < 4.78 is 11.2. The van der Waals surface area contributed by atoms with Gasteiger partial charge in [-0.1, -0.05) is 37.1 Å². The predicted molar refractivity (Wildman–Crippen MR) is 95.4 cm³/mol. The minimum absolute atomic E-state index is 0.155. The zero-order valence-corrected chi connectivity index (χ0v) is 15.6. The van der Waals surface area contributed by atoms with Crippen LogP contribution in [0.1, 0.15) is 73.1 Å². The normalized spacial score (nSPS) is 18.7. The number of hydrogen-bond acceptors (Lipinski definition) is 3. The Bertz CT molecular complexity index is 426. The lowest BCUT2D eigenvalue weighted by molar-refractivity contribution is -0.145. The van der Waals surface area contributed by atoms with Crippen LogP contribution in [-0.2, 0) is 14.3 Å². The molecule has 0 bridgehead atoms. The van der Waals surface area contributed by atoms with E-state index < -0.39 is 0 Å². The molecular formula is C20H34O3. The molecule has 0 radical (unpaired) electrons. The zero-order valence-electron chi connectivity index (χ0n) is 15.6. The molecule has 1 fully saturated rings. The third kappa shape index (κ3) is 8.47. The molecule has 0 amide bonds. The second-order valence-corrected chi connectivity index (χ2v) is 7.13. The number of rotatable bonds is 10. The molecule has 0 aromatic rings. The van der Waals surface area contributed by atoms with Gasteiger partial charge in [0.2, 0.25) is 0 Å². The monoisotopic (exact) mass is 322 g/mol. The van der Waals surface area contributed by atoms with Crippen LogP contribution < -0.4 is 0 Å². The van der Waals surface area contributed by atoms with Gasteiger partial charge < -0.3 is 9.47 Å². The number of carbonyl (C=O) groups excluding carboxylic acids is 1. The highest BCUT2D eigenvalue weighted by Gasteiger charge is 2.29. The molecule has 1 saturated heterocycles. The van der Waals surface area contributed by atoms with Gasteiger partial charge in [-0.05, 0) is 46.5 Å². The Balaban J connectivity index is 2.21. The van der Waals surface area contributed by atoms with Crippen LogP contribution in [-0.4, -0.2) is 24.8 Å². The highest BCUT2D eigenvalue weighted by atomic mass is 16.7. The Morgan fingerprint density at radius 1 is 1.00 bits per heavy atom. The summed E-state index contributed by atoms with van der Waals surface area (Å²) in [6, 6.07) is 0. The first-order valence-corrected chi connectivity index (χ1v) is 8.94. The molecule has 1 aliphatic rings. The molecule has 1 aliphatic heterocycles. The van der Waals surface area contributed by atoms with Crippen LogP contribution in [0.5, 0.6) is 0 Å². The molecule has 23 heavy (non-hydrogen) atoms. The maximum Gasteiger partial charge on any atom is 0.166 e. The Morgan fingerprint density at radius 2 is 1.57 bits per heavy atom. The summed E-state index contributed by atoms with van der Waals surface area (Å²) in [4.78, 5) is 11.6. The van der Waals surface area contributed by atoms with E-state index in [9.17, 15) is 4.79 Å². The van der Waals surface area contributed by atoms with Crippen LogP contribution in [0.25, 0.3) is 0 Å². The molecule has 132 valence electrons. The van der Waals surface area contributed by atoms with Crippen LogP contribution in [0.15, 0.2) is 23.3 Å². The van der Waals surface area contributed by atoms with Crippen LogP contribution in [0.3, 0.4) is 0 Å². The van der Waals surface area contributed by atoms with Crippen molar-refractivity contribution < 1.29 is 14.3 Å². The first kappa shape index (κ1) is 20.1. The Labute approximate surface area is 142 Å². The number of ketones is 1. The Morgan fingerprint density at radius 3 is 2.17 bits per heavy atom. The standard InChI is InChI=1S/C20H34O3/c1-16(2)19(21)12-11-18(4)9-6-8-17(3)10-7-13-20(5)22-14-15-23-20/h9-10,16H,6-8,11-15H2,1-5H3/b17-10+,18-9+. The molecule has 0 aliphatic carbocycles. The van der Waals surface area contributed by atoms with E-state index in [0.717, 1.165) is 32.1 Å². The lowest BCUT2D eigenvalue weighted by Gasteiger charge is -2.21. The van der Waals surface area contributed by atoms with E-state index in [1.54, 1.807) is 0 Å². The summed E-state index contributed by atoms with van der Waals surface area (Å²) in [5.41, 5.74) is 2.74. The maximum absolute atomic E-state index is 11.6. The fourth-order valence-electron chi connectivity index (χ4n) is 2.64. The summed E-state index contributed by atoms with van der Waals surface area (Å²) in [7, 11) is 0. The smallest absolute Gasteiger partial charge is 0.166 e. The topological polar surface area (TPSA) is 35.5 Å². The molecule has 0 saturated carbocycles. The van der Waals surface area contributed by atoms with Crippen molar-refractivity contribution in [2.75, 3.05) is 13.2 Å². The summed E-state index contributed by atoms with van der Waals surface area (Å²) in [6.45, 7) is 11.7. The number of carbonyl (C=O) groups is 1. The van der Waals surface area contributed by atoms with Crippen molar-refractivity contribution in [3.8, 4) is 0 Å². The van der Waals surface area contributed by atoms with Crippen molar-refractivity contribution in [3.63, 3.8) is 0 Å². The van der Waals surface area contributed by atoms with Gasteiger partial charge in [-0.2, -0.15) is 0 Å². The van der Waals surface area contributed by atoms with Crippen LogP contribution in [0.4, 0.5) is 0 Å². The van der Waals surface area contributed by atoms with E-state index in [1.165, 1.54) is 11.1 Å². The van der Waals surface area contributed by atoms with Gasteiger partial charge in [0.15, 0.2) is 5.79 Å². The lowest BCUT2D eigenvalue weighted by atomic mass is 10.0. The van der Waals surface area contributed by atoms with Gasteiger partial charge in [0.1, 0.15) is 5.78 Å². The quantitative estimate of drug-likeness (QED) is 0.518. The first-order valence-electron chi connectivity index (χ1n) is 8.94. The molecule has 0 unspecified atom stereocenters. The van der Waals surface area contributed by atoms with E-state index in [1.807, 2.05) is 20.8 Å². The highest BCUT2D eigenvalue weighted by Crippen LogP contribution is 2.24. The molecular weight excluding hydrogens is 288 g/mol. The third-order valence-corrected chi connectivity index (χ3v) is 4.43. The van der Waals surface area contributed by atoms with Crippen molar-refractivity contribution in [1.29, 1.82) is 0 Å². The van der Waals surface area contributed by atoms with Gasteiger partial charge in [0.25, 0.3) is 0 Å². The van der Waals surface area contributed by atoms with Gasteiger partial charge in [-0.3, -0.25) is 4.79 Å². The number of ether oxygens (including phenoxy) is 2. The fraction of sp³-hybridized carbons (Fsp3) is 0.750. The second-order valence-electron chi connectivity index (χ2n) is 7.13. The first-order chi connectivity index (χ1) is 10.8. The zero-order chi connectivity index (χ0) is 17.3. The average Bonchev–Trinajstić information content (AvgIpc) is 2.91. The number of allylic oxidation sites excluding steroid dienone is 4. The van der Waals surface area contributed by atoms with Crippen LogP contribution in [0, 0.1) is 5.92 Å². The van der Waals surface area contributed by atoms with Gasteiger partial charge >= 0.3 is 0 Å². The van der Waals surface area contributed by atoms with Crippen molar-refractivity contribution in [2.45, 2.75) is 78.9 Å². The van der Waals surface area contributed by atoms with Gasteiger partial charge in [0.05, 0.1) is 13.2 Å². The predicted octanol–water partition coefficient (Wildman–Crippen LogP) is 5.21. The molecule has 3 heteroatoms. The minimum atomic E-state index is -0.379. The molecule has 0 aromatic heterocycles. The molecule has 0 aromatic carbocycles. The Kier molecular flexibility index (Phi) is 8.78. The van der Waals surface area contributed by atoms with E-state index in [4.69, 9.17) is 9.47 Å². The van der Waals surface area contributed by atoms with Crippen molar-refractivity contribution >= 4 is 5.78 Å². The van der Waals surface area contributed by atoms with Crippen molar-refractivity contribution in [3.05, 3.63) is 23.3 Å². The Hall–Kier alpha value is -0.930. The van der Waals surface area contributed by atoms with Gasteiger partial charge in [0, 0.05) is 18.8 Å². The molecule has 0 spiro atoms. The van der Waals surface area contributed by atoms with Crippen LogP contribution >= 0.6 is 0 Å². The molecule has 1 heterocycles. The molecule has 1 rings (SSSR count). The summed E-state index contributed by atoms with van der Waals surface area (Å²) >= 11 is 0. The summed E-state index contributed by atoms with van der Waals surface area (Å²) in [6.07, 6.45) is 10.2. The number of hydrogen-bond donors (Lipinski definition) is 0. The third-order valence-electron chi connectivity index (χ3n) is 4.43. The molecule has 3 nitrogen and oxygen atoms in total. The average molecular weight is 322 g/mol. The van der Waals surface area contributed by atoms with Crippen molar-refractivity contribution in [2.24, 2.45) is 5.92 Å².